The molecule has 0 aliphatic carbocycles. The molecule has 108 valence electrons. The number of aromatic nitrogens is 1. The molecule has 6 heteroatoms. The Hall–Kier alpha value is -1.36. The first kappa shape index (κ1) is 16.7. The third-order valence-corrected chi connectivity index (χ3v) is 3.28. The minimum Gasteiger partial charge on any atom is -0.352 e. The van der Waals surface area contributed by atoms with Crippen molar-refractivity contribution in [1.82, 2.24) is 15.6 Å². The van der Waals surface area contributed by atoms with E-state index in [0.717, 1.165) is 30.5 Å². The fraction of sp³-hybridized carbons (Fsp3) is 0.286. The van der Waals surface area contributed by atoms with Crippen LogP contribution in [0.4, 0.5) is 0 Å². The number of hydrogen-bond donors (Lipinski definition) is 2. The number of fused-ring (bicyclic) bond motifs is 1. The van der Waals surface area contributed by atoms with Crippen LogP contribution in [0.5, 0.6) is 0 Å². The molecule has 0 bridgehead atoms. The number of halogens is 2. The number of hydrogen-bond acceptors (Lipinski definition) is 3. The van der Waals surface area contributed by atoms with E-state index in [9.17, 15) is 4.79 Å². The van der Waals surface area contributed by atoms with Crippen LogP contribution in [0.1, 0.15) is 10.4 Å². The molecular weight excluding hydrogens is 297 g/mol. The number of carbonyl (C=O) groups is 1. The molecule has 1 aliphatic heterocycles. The summed E-state index contributed by atoms with van der Waals surface area (Å²) in [7, 11) is 0. The lowest BCUT2D eigenvalue weighted by Gasteiger charge is -2.27. The SMILES string of the molecule is Cl.Cl.O=C(NCC1CNC1)c1ccc2ncccc2c1. The number of pyridine rings is 1. The van der Waals surface area contributed by atoms with Crippen LogP contribution in [0, 0.1) is 5.92 Å². The van der Waals surface area contributed by atoms with E-state index in [-0.39, 0.29) is 30.7 Å². The third kappa shape index (κ3) is 3.60. The number of rotatable bonds is 3. The van der Waals surface area contributed by atoms with Gasteiger partial charge in [-0.15, -0.1) is 24.8 Å². The molecule has 0 spiro atoms. The summed E-state index contributed by atoms with van der Waals surface area (Å²) in [5.41, 5.74) is 1.61. The zero-order valence-corrected chi connectivity index (χ0v) is 12.5. The molecule has 20 heavy (non-hydrogen) atoms. The molecule has 0 radical (unpaired) electrons. The zero-order valence-electron chi connectivity index (χ0n) is 10.8. The second-order valence-corrected chi connectivity index (χ2v) is 4.65. The molecule has 0 atom stereocenters. The molecule has 0 unspecified atom stereocenters. The summed E-state index contributed by atoms with van der Waals surface area (Å²) >= 11 is 0. The van der Waals surface area contributed by atoms with Crippen LogP contribution in [0.25, 0.3) is 10.9 Å². The Kier molecular flexibility index (Phi) is 6.20. The van der Waals surface area contributed by atoms with Gasteiger partial charge in [0, 0.05) is 42.7 Å². The van der Waals surface area contributed by atoms with Gasteiger partial charge in [0.1, 0.15) is 0 Å². The number of amides is 1. The van der Waals surface area contributed by atoms with E-state index in [1.807, 2.05) is 30.3 Å². The van der Waals surface area contributed by atoms with Gasteiger partial charge in [0.05, 0.1) is 5.52 Å². The third-order valence-electron chi connectivity index (χ3n) is 3.28. The van der Waals surface area contributed by atoms with Crippen molar-refractivity contribution in [2.45, 2.75) is 0 Å². The van der Waals surface area contributed by atoms with Crippen LogP contribution >= 0.6 is 24.8 Å². The molecule has 1 aromatic heterocycles. The van der Waals surface area contributed by atoms with Crippen LogP contribution in [-0.2, 0) is 0 Å². The molecule has 1 saturated heterocycles. The van der Waals surface area contributed by atoms with Crippen molar-refractivity contribution in [2.24, 2.45) is 5.92 Å². The maximum Gasteiger partial charge on any atom is 0.251 e. The molecule has 1 fully saturated rings. The van der Waals surface area contributed by atoms with Crippen molar-refractivity contribution in [3.05, 3.63) is 42.1 Å². The minimum absolute atomic E-state index is 0. The highest BCUT2D eigenvalue weighted by molar-refractivity contribution is 5.97. The fourth-order valence-corrected chi connectivity index (χ4v) is 2.05. The summed E-state index contributed by atoms with van der Waals surface area (Å²) in [5, 5.41) is 7.15. The van der Waals surface area contributed by atoms with Gasteiger partial charge in [0.15, 0.2) is 0 Å². The summed E-state index contributed by atoms with van der Waals surface area (Å²) in [6, 6.07) is 9.44. The largest absolute Gasteiger partial charge is 0.352 e. The Bertz CT molecular complexity index is 587. The van der Waals surface area contributed by atoms with Crippen LogP contribution in [0.3, 0.4) is 0 Å². The minimum atomic E-state index is -0.00680. The van der Waals surface area contributed by atoms with Gasteiger partial charge in [-0.25, -0.2) is 0 Å². The summed E-state index contributed by atoms with van der Waals surface area (Å²) in [5.74, 6) is 0.573. The predicted molar refractivity (Wildman–Crippen MR) is 84.9 cm³/mol. The first-order valence-corrected chi connectivity index (χ1v) is 6.16. The van der Waals surface area contributed by atoms with Gasteiger partial charge in [0.2, 0.25) is 0 Å². The molecule has 0 saturated carbocycles. The number of carbonyl (C=O) groups excluding carboxylic acids is 1. The van der Waals surface area contributed by atoms with Crippen molar-refractivity contribution in [3.8, 4) is 0 Å². The Labute approximate surface area is 130 Å². The van der Waals surface area contributed by atoms with Gasteiger partial charge in [-0.2, -0.15) is 0 Å². The van der Waals surface area contributed by atoms with Crippen molar-refractivity contribution in [2.75, 3.05) is 19.6 Å². The quantitative estimate of drug-likeness (QED) is 0.911. The van der Waals surface area contributed by atoms with Gasteiger partial charge in [0.25, 0.3) is 5.91 Å². The summed E-state index contributed by atoms with van der Waals surface area (Å²) in [4.78, 5) is 16.2. The van der Waals surface area contributed by atoms with Gasteiger partial charge in [-0.3, -0.25) is 9.78 Å². The van der Waals surface area contributed by atoms with Crippen molar-refractivity contribution < 1.29 is 4.79 Å². The van der Waals surface area contributed by atoms with E-state index in [0.29, 0.717) is 11.5 Å². The van der Waals surface area contributed by atoms with Crippen molar-refractivity contribution in [1.29, 1.82) is 0 Å². The molecule has 1 amide bonds. The molecule has 1 aliphatic rings. The smallest absolute Gasteiger partial charge is 0.251 e. The number of nitrogens with one attached hydrogen (secondary N) is 2. The zero-order chi connectivity index (χ0) is 12.4. The topological polar surface area (TPSA) is 54.0 Å². The Balaban J connectivity index is 0.000001000. The van der Waals surface area contributed by atoms with Crippen LogP contribution in [0.15, 0.2) is 36.5 Å². The molecule has 1 aromatic carbocycles. The Morgan fingerprint density at radius 1 is 1.30 bits per heavy atom. The summed E-state index contributed by atoms with van der Waals surface area (Å²) in [6.45, 7) is 2.75. The molecule has 2 N–H and O–H groups in total. The summed E-state index contributed by atoms with van der Waals surface area (Å²) < 4.78 is 0. The van der Waals surface area contributed by atoms with E-state index in [4.69, 9.17) is 0 Å². The highest BCUT2D eigenvalue weighted by Gasteiger charge is 2.17. The Morgan fingerprint density at radius 2 is 2.10 bits per heavy atom. The number of nitrogens with zero attached hydrogens (tertiary/aromatic N) is 1. The van der Waals surface area contributed by atoms with Gasteiger partial charge in [-0.1, -0.05) is 6.07 Å². The lowest BCUT2D eigenvalue weighted by molar-refractivity contribution is 0.0942. The monoisotopic (exact) mass is 313 g/mol. The summed E-state index contributed by atoms with van der Waals surface area (Å²) in [6.07, 6.45) is 1.76. The lowest BCUT2D eigenvalue weighted by atomic mass is 10.0. The maximum atomic E-state index is 12.0. The van der Waals surface area contributed by atoms with Gasteiger partial charge >= 0.3 is 0 Å². The second-order valence-electron chi connectivity index (χ2n) is 4.65. The van der Waals surface area contributed by atoms with Crippen LogP contribution in [0.2, 0.25) is 0 Å². The van der Waals surface area contributed by atoms with E-state index in [1.165, 1.54) is 0 Å². The molecule has 3 rings (SSSR count). The highest BCUT2D eigenvalue weighted by Crippen LogP contribution is 2.13. The second kappa shape index (κ2) is 7.43. The fourth-order valence-electron chi connectivity index (χ4n) is 2.05. The van der Waals surface area contributed by atoms with Crippen LogP contribution in [-0.4, -0.2) is 30.5 Å². The first-order valence-electron chi connectivity index (χ1n) is 6.16. The van der Waals surface area contributed by atoms with E-state index < -0.39 is 0 Å². The average Bonchev–Trinajstić information content (AvgIpc) is 2.36. The van der Waals surface area contributed by atoms with Gasteiger partial charge in [-0.05, 0) is 24.3 Å². The van der Waals surface area contributed by atoms with Gasteiger partial charge < -0.3 is 10.6 Å². The number of benzene rings is 1. The van der Waals surface area contributed by atoms with Crippen molar-refractivity contribution in [3.63, 3.8) is 0 Å². The highest BCUT2D eigenvalue weighted by atomic mass is 35.5. The molecule has 2 heterocycles. The van der Waals surface area contributed by atoms with E-state index in [1.54, 1.807) is 6.20 Å². The average molecular weight is 314 g/mol. The first-order chi connectivity index (χ1) is 8.83. The molecule has 4 nitrogen and oxygen atoms in total. The lowest BCUT2D eigenvalue weighted by Crippen LogP contribution is -2.48. The normalized spacial score (nSPS) is 13.8. The van der Waals surface area contributed by atoms with E-state index >= 15 is 0 Å². The standard InChI is InChI=1S/C14H15N3O.2ClH/c18-14(17-9-10-7-15-8-10)12-3-4-13-11(6-12)2-1-5-16-13;;/h1-6,10,15H,7-9H2,(H,17,18);2*1H. The van der Waals surface area contributed by atoms with E-state index in [2.05, 4.69) is 15.6 Å². The Morgan fingerprint density at radius 3 is 2.80 bits per heavy atom. The molecule has 2 aromatic rings. The molecular formula is C14H17Cl2N3O. The maximum absolute atomic E-state index is 12.0. The van der Waals surface area contributed by atoms with Crippen molar-refractivity contribution >= 4 is 41.6 Å². The predicted octanol–water partition coefficient (Wildman–Crippen LogP) is 2.03. The van der Waals surface area contributed by atoms with Crippen LogP contribution < -0.4 is 10.6 Å².